The van der Waals surface area contributed by atoms with Crippen molar-refractivity contribution in [2.24, 2.45) is 0 Å². The van der Waals surface area contributed by atoms with E-state index in [-0.39, 0.29) is 17.7 Å². The van der Waals surface area contributed by atoms with E-state index in [9.17, 15) is 18.0 Å². The minimum Gasteiger partial charge on any atom is -0.460 e. The Hall–Kier alpha value is -1.72. The molecule has 0 atom stereocenters. The average Bonchev–Trinajstić information content (AvgIpc) is 2.16. The van der Waals surface area contributed by atoms with Crippen LogP contribution < -0.4 is 5.73 Å². The molecule has 3 nitrogen and oxygen atoms in total. The quantitative estimate of drug-likeness (QED) is 0.666. The fraction of sp³-hybridized carbons (Fsp3) is 0.462. The largest absolute Gasteiger partial charge is 0.460 e. The number of benzene rings is 1. The monoisotopic (exact) mass is 275 g/mol. The molecular formula is C13H16F3NO2. The van der Waals surface area contributed by atoms with Crippen molar-refractivity contribution in [2.75, 3.05) is 5.73 Å². The number of esters is 1. The standard InChI is InChI=1S/C13H16F3NO2/c1-12(2,3)19-11(18)7-8-6-9(13(14,15)16)4-5-10(8)17/h4-6H,7,17H2,1-3H3. The number of ether oxygens (including phenoxy) is 1. The van der Waals surface area contributed by atoms with E-state index >= 15 is 0 Å². The van der Waals surface area contributed by atoms with Crippen LogP contribution in [0.3, 0.4) is 0 Å². The smallest absolute Gasteiger partial charge is 0.416 e. The van der Waals surface area contributed by atoms with Crippen LogP contribution in [0.2, 0.25) is 0 Å². The molecule has 0 unspecified atom stereocenters. The summed E-state index contributed by atoms with van der Waals surface area (Å²) < 4.78 is 42.7. The first kappa shape index (κ1) is 15.3. The fourth-order valence-corrected chi connectivity index (χ4v) is 1.47. The maximum atomic E-state index is 12.6. The molecule has 0 aliphatic carbocycles. The summed E-state index contributed by atoms with van der Waals surface area (Å²) in [6.07, 6.45) is -4.75. The zero-order valence-electron chi connectivity index (χ0n) is 11.0. The molecule has 106 valence electrons. The van der Waals surface area contributed by atoms with Gasteiger partial charge in [-0.15, -0.1) is 0 Å². The van der Waals surface area contributed by atoms with Crippen LogP contribution in [0.4, 0.5) is 18.9 Å². The molecule has 0 heterocycles. The van der Waals surface area contributed by atoms with Crippen LogP contribution >= 0.6 is 0 Å². The molecule has 1 aromatic carbocycles. The first-order valence-electron chi connectivity index (χ1n) is 5.66. The van der Waals surface area contributed by atoms with Crippen molar-refractivity contribution in [2.45, 2.75) is 39.0 Å². The Morgan fingerprint density at radius 1 is 1.26 bits per heavy atom. The molecule has 0 amide bonds. The summed E-state index contributed by atoms with van der Waals surface area (Å²) in [6.45, 7) is 5.04. The van der Waals surface area contributed by atoms with Gasteiger partial charge in [-0.1, -0.05) is 0 Å². The maximum Gasteiger partial charge on any atom is 0.416 e. The molecule has 0 spiro atoms. The van der Waals surface area contributed by atoms with Gasteiger partial charge in [-0.05, 0) is 44.5 Å². The first-order valence-corrected chi connectivity index (χ1v) is 5.66. The van der Waals surface area contributed by atoms with Crippen molar-refractivity contribution in [3.63, 3.8) is 0 Å². The normalized spacial score (nSPS) is 12.3. The SMILES string of the molecule is CC(C)(C)OC(=O)Cc1cc(C(F)(F)F)ccc1N. The molecule has 6 heteroatoms. The summed E-state index contributed by atoms with van der Waals surface area (Å²) in [7, 11) is 0. The fourth-order valence-electron chi connectivity index (χ4n) is 1.47. The van der Waals surface area contributed by atoms with Crippen LogP contribution in [0, 0.1) is 0 Å². The topological polar surface area (TPSA) is 52.3 Å². The summed E-state index contributed by atoms with van der Waals surface area (Å²) in [4.78, 5) is 11.6. The van der Waals surface area contributed by atoms with E-state index in [2.05, 4.69) is 0 Å². The summed E-state index contributed by atoms with van der Waals surface area (Å²) in [5.74, 6) is -0.612. The number of rotatable bonds is 2. The van der Waals surface area contributed by atoms with Crippen molar-refractivity contribution in [3.8, 4) is 0 Å². The highest BCUT2D eigenvalue weighted by Gasteiger charge is 2.31. The lowest BCUT2D eigenvalue weighted by Gasteiger charge is -2.20. The van der Waals surface area contributed by atoms with Crippen LogP contribution in [-0.2, 0) is 22.1 Å². The number of halogens is 3. The van der Waals surface area contributed by atoms with Crippen LogP contribution in [0.1, 0.15) is 31.9 Å². The predicted molar refractivity (Wildman–Crippen MR) is 65.4 cm³/mol. The molecule has 1 rings (SSSR count). The van der Waals surface area contributed by atoms with Crippen LogP contribution in [0.15, 0.2) is 18.2 Å². The number of alkyl halides is 3. The van der Waals surface area contributed by atoms with Gasteiger partial charge < -0.3 is 10.5 Å². The summed E-state index contributed by atoms with van der Waals surface area (Å²) >= 11 is 0. The summed E-state index contributed by atoms with van der Waals surface area (Å²) in [5.41, 5.74) is 4.30. The highest BCUT2D eigenvalue weighted by Crippen LogP contribution is 2.31. The average molecular weight is 275 g/mol. The van der Waals surface area contributed by atoms with E-state index in [0.717, 1.165) is 18.2 Å². The zero-order valence-corrected chi connectivity index (χ0v) is 11.0. The van der Waals surface area contributed by atoms with Gasteiger partial charge >= 0.3 is 12.1 Å². The Morgan fingerprint density at radius 2 is 1.84 bits per heavy atom. The molecule has 0 aliphatic heterocycles. The molecule has 0 radical (unpaired) electrons. The molecule has 0 saturated heterocycles. The number of hydrogen-bond acceptors (Lipinski definition) is 3. The molecule has 1 aromatic rings. The van der Waals surface area contributed by atoms with E-state index < -0.39 is 23.3 Å². The van der Waals surface area contributed by atoms with Crippen molar-refractivity contribution in [1.29, 1.82) is 0 Å². The van der Waals surface area contributed by atoms with E-state index in [1.165, 1.54) is 0 Å². The van der Waals surface area contributed by atoms with Gasteiger partial charge in [0.25, 0.3) is 0 Å². The lowest BCUT2D eigenvalue weighted by Crippen LogP contribution is -2.25. The lowest BCUT2D eigenvalue weighted by molar-refractivity contribution is -0.154. The second kappa shape index (κ2) is 5.11. The molecule has 0 bridgehead atoms. The maximum absolute atomic E-state index is 12.6. The number of nitrogen functional groups attached to an aromatic ring is 1. The molecule has 0 aromatic heterocycles. The van der Waals surface area contributed by atoms with Gasteiger partial charge in [0.05, 0.1) is 12.0 Å². The van der Waals surface area contributed by atoms with Crippen molar-refractivity contribution in [3.05, 3.63) is 29.3 Å². The zero-order chi connectivity index (χ0) is 14.8. The van der Waals surface area contributed by atoms with Gasteiger partial charge in [-0.3, -0.25) is 4.79 Å². The van der Waals surface area contributed by atoms with Crippen molar-refractivity contribution >= 4 is 11.7 Å². The molecule has 0 saturated carbocycles. The summed E-state index contributed by atoms with van der Waals surface area (Å²) in [5, 5.41) is 0. The van der Waals surface area contributed by atoms with Crippen LogP contribution in [-0.4, -0.2) is 11.6 Å². The third-order valence-electron chi connectivity index (χ3n) is 2.23. The van der Waals surface area contributed by atoms with Crippen molar-refractivity contribution in [1.82, 2.24) is 0 Å². The van der Waals surface area contributed by atoms with Gasteiger partial charge in [0.1, 0.15) is 5.60 Å². The van der Waals surface area contributed by atoms with E-state index in [4.69, 9.17) is 10.5 Å². The van der Waals surface area contributed by atoms with E-state index in [1.54, 1.807) is 20.8 Å². The number of hydrogen-bond donors (Lipinski definition) is 1. The van der Waals surface area contributed by atoms with Crippen molar-refractivity contribution < 1.29 is 22.7 Å². The third kappa shape index (κ3) is 4.81. The Balaban J connectivity index is 2.92. The first-order chi connectivity index (χ1) is 8.49. The predicted octanol–water partition coefficient (Wildman–Crippen LogP) is 3.17. The number of carbonyl (C=O) groups is 1. The second-order valence-corrected chi connectivity index (χ2v) is 5.17. The Kier molecular flexibility index (Phi) is 4.12. The summed E-state index contributed by atoms with van der Waals surface area (Å²) in [6, 6.07) is 2.90. The molecule has 0 fully saturated rings. The Labute approximate surface area is 109 Å². The van der Waals surface area contributed by atoms with E-state index in [1.807, 2.05) is 0 Å². The van der Waals surface area contributed by atoms with Gasteiger partial charge in [-0.2, -0.15) is 13.2 Å². The molecular weight excluding hydrogens is 259 g/mol. The number of carbonyl (C=O) groups excluding carboxylic acids is 1. The van der Waals surface area contributed by atoms with Gasteiger partial charge in [-0.25, -0.2) is 0 Å². The molecule has 2 N–H and O–H groups in total. The van der Waals surface area contributed by atoms with E-state index in [0.29, 0.717) is 0 Å². The number of nitrogens with two attached hydrogens (primary N) is 1. The minimum atomic E-state index is -4.46. The Morgan fingerprint density at radius 3 is 2.32 bits per heavy atom. The highest BCUT2D eigenvalue weighted by molar-refractivity contribution is 5.75. The second-order valence-electron chi connectivity index (χ2n) is 5.17. The van der Waals surface area contributed by atoms with Crippen LogP contribution in [0.25, 0.3) is 0 Å². The van der Waals surface area contributed by atoms with Gasteiger partial charge in [0, 0.05) is 5.69 Å². The molecule has 0 aliphatic rings. The van der Waals surface area contributed by atoms with Gasteiger partial charge in [0.15, 0.2) is 0 Å². The minimum absolute atomic E-state index is 0.115. The highest BCUT2D eigenvalue weighted by atomic mass is 19.4. The number of anilines is 1. The molecule has 19 heavy (non-hydrogen) atoms. The van der Waals surface area contributed by atoms with Crippen LogP contribution in [0.5, 0.6) is 0 Å². The van der Waals surface area contributed by atoms with Gasteiger partial charge in [0.2, 0.25) is 0 Å². The Bertz CT molecular complexity index is 476. The lowest BCUT2D eigenvalue weighted by atomic mass is 10.1. The third-order valence-corrected chi connectivity index (χ3v) is 2.23.